The van der Waals surface area contributed by atoms with Crippen LogP contribution in [0.3, 0.4) is 0 Å². The third-order valence-corrected chi connectivity index (χ3v) is 3.90. The zero-order valence-electron chi connectivity index (χ0n) is 11.9. The average Bonchev–Trinajstić information content (AvgIpc) is 2.42. The van der Waals surface area contributed by atoms with Crippen LogP contribution in [0.25, 0.3) is 0 Å². The number of nitrogens with one attached hydrogen (secondary N) is 1. The molecule has 0 aliphatic carbocycles. The number of aromatic nitrogens is 1. The molecule has 0 unspecified atom stereocenters. The van der Waals surface area contributed by atoms with Gasteiger partial charge in [0.25, 0.3) is 5.91 Å². The van der Waals surface area contributed by atoms with E-state index in [-0.39, 0.29) is 0 Å². The van der Waals surface area contributed by atoms with Crippen LogP contribution in [0, 0.1) is 5.92 Å². The predicted octanol–water partition coefficient (Wildman–Crippen LogP) is 0.907. The molecule has 6 nitrogen and oxygen atoms in total. The van der Waals surface area contributed by atoms with Gasteiger partial charge in [-0.2, -0.15) is 0 Å². The maximum Gasteiger partial charge on any atom is 0.250 e. The summed E-state index contributed by atoms with van der Waals surface area (Å²) in [6, 6.07) is 1.62. The first-order valence-electron chi connectivity index (χ1n) is 7.04. The number of primary amides is 1. The van der Waals surface area contributed by atoms with E-state index in [0.717, 1.165) is 18.9 Å². The molecule has 2 rings (SSSR count). The fraction of sp³-hybridized carbons (Fsp3) is 0.571. The number of piperidine rings is 1. The summed E-state index contributed by atoms with van der Waals surface area (Å²) < 4.78 is 0. The van der Waals surface area contributed by atoms with Crippen LogP contribution >= 0.6 is 0 Å². The second-order valence-corrected chi connectivity index (χ2v) is 5.48. The molecule has 1 fully saturated rings. The van der Waals surface area contributed by atoms with Gasteiger partial charge in [-0.3, -0.25) is 4.79 Å². The Kier molecular flexibility index (Phi) is 4.79. The number of likely N-dealkylation sites (tertiary alicyclic amines) is 1. The summed E-state index contributed by atoms with van der Waals surface area (Å²) in [5.74, 6) is 0.896. The molecule has 20 heavy (non-hydrogen) atoms. The van der Waals surface area contributed by atoms with E-state index in [1.165, 1.54) is 32.1 Å². The molecular formula is C14H23N5O. The van der Waals surface area contributed by atoms with Crippen molar-refractivity contribution in [1.29, 1.82) is 0 Å². The standard InChI is InChI=1S/C14H23N5O/c1-19-6-3-10(4-7-19)2-5-17-13-8-11(14(16)20)12(15)9-18-13/h8-10H,2-7,15H2,1H3,(H2,16,20)(H,17,18). The molecule has 5 N–H and O–H groups in total. The molecule has 2 heterocycles. The van der Waals surface area contributed by atoms with E-state index in [1.54, 1.807) is 6.07 Å². The highest BCUT2D eigenvalue weighted by molar-refractivity contribution is 5.98. The van der Waals surface area contributed by atoms with Crippen LogP contribution in [0.5, 0.6) is 0 Å². The van der Waals surface area contributed by atoms with E-state index < -0.39 is 5.91 Å². The van der Waals surface area contributed by atoms with Gasteiger partial charge < -0.3 is 21.7 Å². The van der Waals surface area contributed by atoms with Crippen molar-refractivity contribution in [1.82, 2.24) is 9.88 Å². The van der Waals surface area contributed by atoms with Crippen molar-refractivity contribution in [3.63, 3.8) is 0 Å². The zero-order valence-corrected chi connectivity index (χ0v) is 11.9. The Labute approximate surface area is 119 Å². The van der Waals surface area contributed by atoms with E-state index in [2.05, 4.69) is 22.2 Å². The fourth-order valence-corrected chi connectivity index (χ4v) is 2.53. The van der Waals surface area contributed by atoms with Crippen molar-refractivity contribution in [2.24, 2.45) is 11.7 Å². The van der Waals surface area contributed by atoms with Gasteiger partial charge >= 0.3 is 0 Å². The van der Waals surface area contributed by atoms with Gasteiger partial charge in [-0.05, 0) is 51.4 Å². The van der Waals surface area contributed by atoms with E-state index in [4.69, 9.17) is 11.5 Å². The molecule has 1 aliphatic heterocycles. The van der Waals surface area contributed by atoms with Gasteiger partial charge in [0, 0.05) is 6.54 Å². The molecule has 1 saturated heterocycles. The lowest BCUT2D eigenvalue weighted by Gasteiger charge is -2.28. The fourth-order valence-electron chi connectivity index (χ4n) is 2.53. The highest BCUT2D eigenvalue weighted by Crippen LogP contribution is 2.20. The van der Waals surface area contributed by atoms with Crippen LogP contribution in [-0.4, -0.2) is 42.5 Å². The summed E-state index contributed by atoms with van der Waals surface area (Å²) in [5.41, 5.74) is 11.6. The maximum atomic E-state index is 11.2. The van der Waals surface area contributed by atoms with Crippen molar-refractivity contribution in [3.05, 3.63) is 17.8 Å². The number of carbonyl (C=O) groups excluding carboxylic acids is 1. The van der Waals surface area contributed by atoms with Crippen LogP contribution in [0.4, 0.5) is 11.5 Å². The van der Waals surface area contributed by atoms with Crippen molar-refractivity contribution in [2.75, 3.05) is 37.7 Å². The molecule has 0 radical (unpaired) electrons. The minimum Gasteiger partial charge on any atom is -0.397 e. The molecule has 1 aromatic heterocycles. The smallest absolute Gasteiger partial charge is 0.250 e. The van der Waals surface area contributed by atoms with E-state index >= 15 is 0 Å². The van der Waals surface area contributed by atoms with E-state index in [1.807, 2.05) is 0 Å². The number of hydrogen-bond donors (Lipinski definition) is 3. The zero-order chi connectivity index (χ0) is 14.5. The van der Waals surface area contributed by atoms with Crippen molar-refractivity contribution < 1.29 is 4.79 Å². The van der Waals surface area contributed by atoms with Crippen LogP contribution in [0.1, 0.15) is 29.6 Å². The molecule has 1 aromatic rings. The number of hydrogen-bond acceptors (Lipinski definition) is 5. The topological polar surface area (TPSA) is 97.3 Å². The van der Waals surface area contributed by atoms with Crippen molar-refractivity contribution in [2.45, 2.75) is 19.3 Å². The Hall–Kier alpha value is -1.82. The van der Waals surface area contributed by atoms with E-state index in [0.29, 0.717) is 17.1 Å². The Balaban J connectivity index is 1.82. The lowest BCUT2D eigenvalue weighted by atomic mass is 9.94. The molecular weight excluding hydrogens is 254 g/mol. The molecule has 1 amide bonds. The number of rotatable bonds is 5. The van der Waals surface area contributed by atoms with Crippen LogP contribution in [0.15, 0.2) is 12.3 Å². The van der Waals surface area contributed by atoms with E-state index in [9.17, 15) is 4.79 Å². The Bertz CT molecular complexity index is 469. The maximum absolute atomic E-state index is 11.2. The molecule has 0 aromatic carbocycles. The number of nitrogen functional groups attached to an aromatic ring is 1. The number of anilines is 2. The lowest BCUT2D eigenvalue weighted by molar-refractivity contribution is 0.100. The summed E-state index contributed by atoms with van der Waals surface area (Å²) in [4.78, 5) is 17.7. The number of nitrogens with zero attached hydrogens (tertiary/aromatic N) is 2. The van der Waals surface area contributed by atoms with Gasteiger partial charge in [-0.25, -0.2) is 4.98 Å². The first kappa shape index (κ1) is 14.6. The number of carbonyl (C=O) groups is 1. The summed E-state index contributed by atoms with van der Waals surface area (Å²) in [7, 11) is 2.16. The van der Waals surface area contributed by atoms with Crippen LogP contribution in [0.2, 0.25) is 0 Å². The number of pyridine rings is 1. The minimum absolute atomic E-state index is 0.318. The SMILES string of the molecule is CN1CCC(CCNc2cc(C(N)=O)c(N)cn2)CC1. The average molecular weight is 277 g/mol. The first-order chi connectivity index (χ1) is 9.56. The Morgan fingerprint density at radius 1 is 1.50 bits per heavy atom. The Morgan fingerprint density at radius 2 is 2.20 bits per heavy atom. The van der Waals surface area contributed by atoms with Crippen LogP contribution < -0.4 is 16.8 Å². The molecule has 0 saturated carbocycles. The normalized spacial score (nSPS) is 17.1. The summed E-state index contributed by atoms with van der Waals surface area (Å²) in [5, 5.41) is 3.24. The Morgan fingerprint density at radius 3 is 2.85 bits per heavy atom. The predicted molar refractivity (Wildman–Crippen MR) is 80.5 cm³/mol. The molecule has 110 valence electrons. The number of nitrogens with two attached hydrogens (primary N) is 2. The molecule has 0 spiro atoms. The quantitative estimate of drug-likeness (QED) is 0.743. The lowest BCUT2D eigenvalue weighted by Crippen LogP contribution is -2.30. The van der Waals surface area contributed by atoms with Gasteiger partial charge in [-0.15, -0.1) is 0 Å². The highest BCUT2D eigenvalue weighted by atomic mass is 16.1. The molecule has 0 bridgehead atoms. The van der Waals surface area contributed by atoms with Gasteiger partial charge in [0.05, 0.1) is 17.4 Å². The third-order valence-electron chi connectivity index (χ3n) is 3.90. The van der Waals surface area contributed by atoms with Crippen LogP contribution in [-0.2, 0) is 0 Å². The molecule has 6 heteroatoms. The summed E-state index contributed by atoms with van der Waals surface area (Å²) in [6.07, 6.45) is 5.09. The summed E-state index contributed by atoms with van der Waals surface area (Å²) in [6.45, 7) is 3.21. The van der Waals surface area contributed by atoms with Gasteiger partial charge in [0.15, 0.2) is 0 Å². The monoisotopic (exact) mass is 277 g/mol. The van der Waals surface area contributed by atoms with Crippen molar-refractivity contribution >= 4 is 17.4 Å². The largest absolute Gasteiger partial charge is 0.397 e. The number of amides is 1. The highest BCUT2D eigenvalue weighted by Gasteiger charge is 2.16. The van der Waals surface area contributed by atoms with Gasteiger partial charge in [0.2, 0.25) is 0 Å². The minimum atomic E-state index is -0.525. The summed E-state index contributed by atoms with van der Waals surface area (Å²) >= 11 is 0. The van der Waals surface area contributed by atoms with Gasteiger partial charge in [-0.1, -0.05) is 0 Å². The first-order valence-corrected chi connectivity index (χ1v) is 7.04. The van der Waals surface area contributed by atoms with Gasteiger partial charge in [0.1, 0.15) is 5.82 Å². The molecule has 1 aliphatic rings. The molecule has 0 atom stereocenters. The second kappa shape index (κ2) is 6.56. The second-order valence-electron chi connectivity index (χ2n) is 5.48. The van der Waals surface area contributed by atoms with Crippen molar-refractivity contribution in [3.8, 4) is 0 Å². The third kappa shape index (κ3) is 3.84.